The Balaban J connectivity index is 2.52. The van der Waals surface area contributed by atoms with Crippen LogP contribution in [0.4, 0.5) is 17.1 Å². The van der Waals surface area contributed by atoms with Crippen LogP contribution in [-0.4, -0.2) is 25.8 Å². The molecule has 0 radical (unpaired) electrons. The number of nitro benzene ring substituents is 1. The summed E-state index contributed by atoms with van der Waals surface area (Å²) in [6.45, 7) is 4.73. The van der Waals surface area contributed by atoms with Crippen molar-refractivity contribution in [1.29, 1.82) is 0 Å². The van der Waals surface area contributed by atoms with E-state index in [0.29, 0.717) is 5.69 Å². The smallest absolute Gasteiger partial charge is 0.271 e. The van der Waals surface area contributed by atoms with E-state index in [1.54, 1.807) is 0 Å². The average Bonchev–Trinajstić information content (AvgIpc) is 2.60. The minimum Gasteiger partial charge on any atom is -0.326 e. The van der Waals surface area contributed by atoms with E-state index in [2.05, 4.69) is 11.9 Å². The van der Waals surface area contributed by atoms with Crippen molar-refractivity contribution >= 4 is 44.6 Å². The topological polar surface area (TPSA) is 110 Å². The number of nitrogens with zero attached hydrogens (tertiary/aromatic N) is 2. The molecule has 0 atom stereocenters. The number of amides is 1. The highest BCUT2D eigenvalue weighted by Gasteiger charge is 2.27. The fourth-order valence-corrected chi connectivity index (χ4v) is 4.01. The van der Waals surface area contributed by atoms with Crippen molar-refractivity contribution in [3.8, 4) is 0 Å². The minimum absolute atomic E-state index is 0.0308. The molecule has 1 amide bonds. The van der Waals surface area contributed by atoms with Gasteiger partial charge in [-0.3, -0.25) is 19.2 Å². The maximum absolute atomic E-state index is 13.1. The molecule has 0 bridgehead atoms. The van der Waals surface area contributed by atoms with Gasteiger partial charge in [-0.15, -0.1) is 6.58 Å². The van der Waals surface area contributed by atoms with E-state index in [4.69, 9.17) is 11.6 Å². The van der Waals surface area contributed by atoms with Crippen molar-refractivity contribution in [1.82, 2.24) is 0 Å². The molecule has 0 saturated carbocycles. The Morgan fingerprint density at radius 2 is 1.93 bits per heavy atom. The van der Waals surface area contributed by atoms with E-state index in [9.17, 15) is 23.3 Å². The summed E-state index contributed by atoms with van der Waals surface area (Å²) in [6, 6.07) is 9.07. The summed E-state index contributed by atoms with van der Waals surface area (Å²) in [5, 5.41) is 13.6. The molecule has 0 unspecified atom stereocenters. The van der Waals surface area contributed by atoms with E-state index < -0.39 is 14.9 Å². The number of rotatable bonds is 7. The second kappa shape index (κ2) is 8.19. The van der Waals surface area contributed by atoms with Crippen LogP contribution in [0.25, 0.3) is 0 Å². The summed E-state index contributed by atoms with van der Waals surface area (Å²) < 4.78 is 27.0. The number of anilines is 2. The van der Waals surface area contributed by atoms with Gasteiger partial charge in [-0.25, -0.2) is 8.42 Å². The normalized spacial score (nSPS) is 10.9. The molecule has 8 nitrogen and oxygen atoms in total. The maximum Gasteiger partial charge on any atom is 0.271 e. The molecule has 0 spiro atoms. The first-order valence-electron chi connectivity index (χ1n) is 7.62. The van der Waals surface area contributed by atoms with Gasteiger partial charge in [0.05, 0.1) is 27.1 Å². The van der Waals surface area contributed by atoms with Crippen LogP contribution in [-0.2, 0) is 14.8 Å². The quantitative estimate of drug-likeness (QED) is 0.427. The molecule has 1 N–H and O–H groups in total. The number of carbonyl (C=O) groups is 1. The first-order valence-corrected chi connectivity index (χ1v) is 9.44. The number of nitro groups is 1. The van der Waals surface area contributed by atoms with Crippen LogP contribution in [0.3, 0.4) is 0 Å². The molecule has 0 aromatic heterocycles. The molecule has 2 aromatic carbocycles. The van der Waals surface area contributed by atoms with Gasteiger partial charge in [0.25, 0.3) is 15.7 Å². The molecule has 0 saturated heterocycles. The second-order valence-corrected chi connectivity index (χ2v) is 7.69. The molecular formula is C17H16ClN3O5S. The Bertz CT molecular complexity index is 990. The summed E-state index contributed by atoms with van der Waals surface area (Å²) in [5.41, 5.74) is 0.112. The number of halogens is 1. The van der Waals surface area contributed by atoms with Gasteiger partial charge in [-0.05, 0) is 30.3 Å². The third kappa shape index (κ3) is 4.63. The number of carbonyl (C=O) groups excluding carboxylic acids is 1. The van der Waals surface area contributed by atoms with Gasteiger partial charge in [0, 0.05) is 24.7 Å². The predicted molar refractivity (Wildman–Crippen MR) is 104 cm³/mol. The standard InChI is InChI=1S/C17H16ClN3O5S/c1-3-10-20(17-11-14(21(23)24)6-9-16(17)18)27(25,26)15-7-4-13(5-8-15)19-12(2)22/h3-9,11H,1,10H2,2H3,(H,19,22). The first kappa shape index (κ1) is 20.4. The van der Waals surface area contributed by atoms with E-state index in [1.807, 2.05) is 0 Å². The number of sulfonamides is 1. The van der Waals surface area contributed by atoms with Crippen LogP contribution in [0.2, 0.25) is 5.02 Å². The van der Waals surface area contributed by atoms with Crippen molar-refractivity contribution in [2.24, 2.45) is 0 Å². The Labute approximate surface area is 161 Å². The molecular weight excluding hydrogens is 394 g/mol. The van der Waals surface area contributed by atoms with Gasteiger partial charge in [0.2, 0.25) is 5.91 Å². The van der Waals surface area contributed by atoms with Crippen molar-refractivity contribution in [2.75, 3.05) is 16.2 Å². The molecule has 0 aliphatic heterocycles. The van der Waals surface area contributed by atoms with Gasteiger partial charge in [0.15, 0.2) is 0 Å². The zero-order chi connectivity index (χ0) is 20.2. The summed E-state index contributed by atoms with van der Waals surface area (Å²) in [7, 11) is -4.08. The average molecular weight is 410 g/mol. The largest absolute Gasteiger partial charge is 0.326 e. The van der Waals surface area contributed by atoms with Crippen LogP contribution in [0.5, 0.6) is 0 Å². The van der Waals surface area contributed by atoms with Crippen molar-refractivity contribution < 1.29 is 18.1 Å². The molecule has 2 rings (SSSR count). The molecule has 0 fully saturated rings. The fraction of sp³-hybridized carbons (Fsp3) is 0.118. The van der Waals surface area contributed by atoms with Crippen LogP contribution >= 0.6 is 11.6 Å². The van der Waals surface area contributed by atoms with E-state index in [0.717, 1.165) is 10.4 Å². The fourth-order valence-electron chi connectivity index (χ4n) is 2.29. The lowest BCUT2D eigenvalue weighted by molar-refractivity contribution is -0.384. The number of hydrogen-bond acceptors (Lipinski definition) is 5. The van der Waals surface area contributed by atoms with E-state index >= 15 is 0 Å². The van der Waals surface area contributed by atoms with Gasteiger partial charge in [-0.2, -0.15) is 0 Å². The Morgan fingerprint density at radius 1 is 1.30 bits per heavy atom. The van der Waals surface area contributed by atoms with Crippen molar-refractivity contribution in [3.63, 3.8) is 0 Å². The van der Waals surface area contributed by atoms with Gasteiger partial charge < -0.3 is 5.32 Å². The lowest BCUT2D eigenvalue weighted by Crippen LogP contribution is -2.31. The third-order valence-corrected chi connectivity index (χ3v) is 5.58. The van der Waals surface area contributed by atoms with Crippen LogP contribution < -0.4 is 9.62 Å². The van der Waals surface area contributed by atoms with Gasteiger partial charge >= 0.3 is 0 Å². The molecule has 0 aliphatic carbocycles. The molecule has 0 aliphatic rings. The number of nitrogens with one attached hydrogen (secondary N) is 1. The highest BCUT2D eigenvalue weighted by atomic mass is 35.5. The van der Waals surface area contributed by atoms with Crippen LogP contribution in [0.1, 0.15) is 6.92 Å². The summed E-state index contributed by atoms with van der Waals surface area (Å²) in [6.07, 6.45) is 1.35. The summed E-state index contributed by atoms with van der Waals surface area (Å²) in [4.78, 5) is 21.4. The molecule has 2 aromatic rings. The predicted octanol–water partition coefficient (Wildman–Crippen LogP) is 3.59. The van der Waals surface area contributed by atoms with Crippen LogP contribution in [0, 0.1) is 10.1 Å². The zero-order valence-electron chi connectivity index (χ0n) is 14.3. The zero-order valence-corrected chi connectivity index (χ0v) is 15.8. The van der Waals surface area contributed by atoms with Gasteiger partial charge in [0.1, 0.15) is 0 Å². The highest BCUT2D eigenvalue weighted by molar-refractivity contribution is 7.92. The van der Waals surface area contributed by atoms with E-state index in [1.165, 1.54) is 49.4 Å². The van der Waals surface area contributed by atoms with Crippen molar-refractivity contribution in [2.45, 2.75) is 11.8 Å². The summed E-state index contributed by atoms with van der Waals surface area (Å²) >= 11 is 6.10. The summed E-state index contributed by atoms with van der Waals surface area (Å²) in [5.74, 6) is -0.290. The molecule has 142 valence electrons. The van der Waals surface area contributed by atoms with Crippen molar-refractivity contribution in [3.05, 3.63) is 70.3 Å². The first-order chi connectivity index (χ1) is 12.7. The van der Waals surface area contributed by atoms with E-state index in [-0.39, 0.29) is 33.7 Å². The maximum atomic E-state index is 13.1. The minimum atomic E-state index is -4.08. The molecule has 10 heteroatoms. The Kier molecular flexibility index (Phi) is 6.19. The van der Waals surface area contributed by atoms with Gasteiger partial charge in [-0.1, -0.05) is 17.7 Å². The second-order valence-electron chi connectivity index (χ2n) is 5.42. The monoisotopic (exact) mass is 409 g/mol. The lowest BCUT2D eigenvalue weighted by atomic mass is 10.3. The molecule has 27 heavy (non-hydrogen) atoms. The third-order valence-electron chi connectivity index (χ3n) is 3.47. The van der Waals surface area contributed by atoms with Crippen LogP contribution in [0.15, 0.2) is 60.0 Å². The molecule has 0 heterocycles. The number of benzene rings is 2. The number of non-ortho nitro benzene ring substituents is 1. The Morgan fingerprint density at radius 3 is 2.44 bits per heavy atom. The lowest BCUT2D eigenvalue weighted by Gasteiger charge is -2.24. The highest BCUT2D eigenvalue weighted by Crippen LogP contribution is 2.33. The number of hydrogen-bond donors (Lipinski definition) is 1. The Hall–Kier alpha value is -2.91. The SMILES string of the molecule is C=CCN(c1cc([N+](=O)[O-])ccc1Cl)S(=O)(=O)c1ccc(NC(C)=O)cc1.